The van der Waals surface area contributed by atoms with Crippen LogP contribution in [0.5, 0.6) is 11.5 Å². The van der Waals surface area contributed by atoms with E-state index in [4.69, 9.17) is 9.47 Å². The lowest BCUT2D eigenvalue weighted by molar-refractivity contribution is -0.125. The van der Waals surface area contributed by atoms with Crippen LogP contribution in [0.3, 0.4) is 0 Å². The molecule has 2 aliphatic heterocycles. The van der Waals surface area contributed by atoms with E-state index in [0.29, 0.717) is 19.7 Å². The summed E-state index contributed by atoms with van der Waals surface area (Å²) in [5.74, 6) is 2.31. The average molecular weight is 354 g/mol. The molecule has 2 atom stereocenters. The second-order valence-electron chi connectivity index (χ2n) is 6.59. The van der Waals surface area contributed by atoms with Crippen molar-refractivity contribution >= 4 is 11.7 Å². The monoisotopic (exact) mass is 354 g/mol. The van der Waals surface area contributed by atoms with Crippen molar-refractivity contribution in [1.29, 1.82) is 0 Å². The Hall–Kier alpha value is -2.83. The Morgan fingerprint density at radius 3 is 3.00 bits per heavy atom. The normalized spacial score (nSPS) is 21.9. The summed E-state index contributed by atoms with van der Waals surface area (Å²) in [5, 5.41) is 3.02. The number of hydrogen-bond donors (Lipinski definition) is 1. The van der Waals surface area contributed by atoms with Crippen molar-refractivity contribution in [2.24, 2.45) is 5.92 Å². The number of amides is 1. The largest absolute Gasteiger partial charge is 0.486 e. The van der Waals surface area contributed by atoms with Gasteiger partial charge in [-0.1, -0.05) is 12.1 Å². The maximum atomic E-state index is 12.6. The SMILES string of the molecule is O=C(NCC1COc2ccccc2O1)C1CCCN(c2cnccn2)C1. The minimum Gasteiger partial charge on any atom is -0.486 e. The molecule has 1 fully saturated rings. The molecule has 0 aliphatic carbocycles. The zero-order valence-electron chi connectivity index (χ0n) is 14.5. The first kappa shape index (κ1) is 16.6. The molecule has 0 radical (unpaired) electrons. The van der Waals surface area contributed by atoms with E-state index in [1.54, 1.807) is 18.6 Å². The first-order valence-electron chi connectivity index (χ1n) is 8.97. The van der Waals surface area contributed by atoms with Crippen molar-refractivity contribution in [2.45, 2.75) is 18.9 Å². The van der Waals surface area contributed by atoms with Crippen molar-refractivity contribution < 1.29 is 14.3 Å². The van der Waals surface area contributed by atoms with Gasteiger partial charge in [-0.15, -0.1) is 0 Å². The van der Waals surface area contributed by atoms with Crippen LogP contribution in [0.2, 0.25) is 0 Å². The van der Waals surface area contributed by atoms with Crippen LogP contribution in [0.1, 0.15) is 12.8 Å². The van der Waals surface area contributed by atoms with Crippen molar-refractivity contribution in [2.75, 3.05) is 31.1 Å². The minimum atomic E-state index is -0.173. The Bertz CT molecular complexity index is 755. The molecule has 1 aromatic carbocycles. The molecule has 1 aromatic heterocycles. The van der Waals surface area contributed by atoms with Crippen molar-refractivity contribution in [1.82, 2.24) is 15.3 Å². The standard InChI is InChI=1S/C19H22N4O3/c24-19(14-4-3-9-23(12-14)18-11-20-7-8-21-18)22-10-15-13-25-16-5-1-2-6-17(16)26-15/h1-2,5-8,11,14-15H,3-4,9-10,12-13H2,(H,22,24). The van der Waals surface area contributed by atoms with Gasteiger partial charge in [-0.25, -0.2) is 4.98 Å². The van der Waals surface area contributed by atoms with E-state index < -0.39 is 0 Å². The second-order valence-corrected chi connectivity index (χ2v) is 6.59. The summed E-state index contributed by atoms with van der Waals surface area (Å²) < 4.78 is 11.6. The molecule has 1 saturated heterocycles. The fraction of sp³-hybridized carbons (Fsp3) is 0.421. The van der Waals surface area contributed by atoms with Gasteiger partial charge >= 0.3 is 0 Å². The molecule has 136 valence electrons. The Balaban J connectivity index is 1.30. The molecule has 0 saturated carbocycles. The molecule has 7 nitrogen and oxygen atoms in total. The lowest BCUT2D eigenvalue weighted by Crippen LogP contribution is -2.47. The molecule has 0 spiro atoms. The summed E-state index contributed by atoms with van der Waals surface area (Å²) in [5.41, 5.74) is 0. The fourth-order valence-corrected chi connectivity index (χ4v) is 3.38. The maximum absolute atomic E-state index is 12.6. The van der Waals surface area contributed by atoms with Gasteiger partial charge in [0.15, 0.2) is 11.5 Å². The summed E-state index contributed by atoms with van der Waals surface area (Å²) >= 11 is 0. The predicted molar refractivity (Wildman–Crippen MR) is 96.3 cm³/mol. The van der Waals surface area contributed by atoms with E-state index in [1.165, 1.54) is 0 Å². The third-order valence-corrected chi connectivity index (χ3v) is 4.74. The number of rotatable bonds is 4. The van der Waals surface area contributed by atoms with Crippen LogP contribution in [0.15, 0.2) is 42.9 Å². The summed E-state index contributed by atoms with van der Waals surface area (Å²) in [4.78, 5) is 23.2. The molecule has 2 aromatic rings. The van der Waals surface area contributed by atoms with Gasteiger partial charge in [0.2, 0.25) is 5.91 Å². The number of nitrogens with one attached hydrogen (secondary N) is 1. The number of carbonyl (C=O) groups excluding carboxylic acids is 1. The van der Waals surface area contributed by atoms with Crippen molar-refractivity contribution in [3.63, 3.8) is 0 Å². The molecular formula is C19H22N4O3. The average Bonchev–Trinajstić information content (AvgIpc) is 2.72. The summed E-state index contributed by atoms with van der Waals surface area (Å²) in [6, 6.07) is 7.58. The van der Waals surface area contributed by atoms with E-state index in [0.717, 1.165) is 36.7 Å². The van der Waals surface area contributed by atoms with Gasteiger partial charge < -0.3 is 19.7 Å². The first-order valence-corrected chi connectivity index (χ1v) is 8.97. The number of aromatic nitrogens is 2. The number of fused-ring (bicyclic) bond motifs is 1. The van der Waals surface area contributed by atoms with Gasteiger partial charge in [0, 0.05) is 25.5 Å². The highest BCUT2D eigenvalue weighted by Crippen LogP contribution is 2.30. The molecule has 2 aliphatic rings. The van der Waals surface area contributed by atoms with E-state index in [2.05, 4.69) is 20.2 Å². The number of para-hydroxylation sites is 2. The number of ether oxygens (including phenoxy) is 2. The topological polar surface area (TPSA) is 76.6 Å². The van der Waals surface area contributed by atoms with Crippen LogP contribution in [-0.4, -0.2) is 48.2 Å². The minimum absolute atomic E-state index is 0.0532. The summed E-state index contributed by atoms with van der Waals surface area (Å²) in [6.45, 7) is 2.44. The number of anilines is 1. The van der Waals surface area contributed by atoms with Crippen LogP contribution >= 0.6 is 0 Å². The van der Waals surface area contributed by atoms with Gasteiger partial charge in [-0.2, -0.15) is 0 Å². The van der Waals surface area contributed by atoms with Crippen molar-refractivity contribution in [3.05, 3.63) is 42.9 Å². The van der Waals surface area contributed by atoms with Gasteiger partial charge in [0.25, 0.3) is 0 Å². The van der Waals surface area contributed by atoms with Crippen molar-refractivity contribution in [3.8, 4) is 11.5 Å². The number of piperidine rings is 1. The molecule has 2 unspecified atom stereocenters. The summed E-state index contributed by atoms with van der Waals surface area (Å²) in [6.07, 6.45) is 6.75. The molecule has 1 N–H and O–H groups in total. The second kappa shape index (κ2) is 7.59. The van der Waals surface area contributed by atoms with Gasteiger partial charge in [-0.05, 0) is 25.0 Å². The van der Waals surface area contributed by atoms with Crippen LogP contribution in [0, 0.1) is 5.92 Å². The first-order chi connectivity index (χ1) is 12.8. The Labute approximate surface area is 152 Å². The lowest BCUT2D eigenvalue weighted by atomic mass is 9.97. The van der Waals surface area contributed by atoms with E-state index >= 15 is 0 Å². The summed E-state index contributed by atoms with van der Waals surface area (Å²) in [7, 11) is 0. The fourth-order valence-electron chi connectivity index (χ4n) is 3.38. The number of nitrogens with zero attached hydrogens (tertiary/aromatic N) is 3. The molecule has 26 heavy (non-hydrogen) atoms. The van der Waals surface area contributed by atoms with E-state index in [1.807, 2.05) is 24.3 Å². The Morgan fingerprint density at radius 2 is 2.15 bits per heavy atom. The highest BCUT2D eigenvalue weighted by molar-refractivity contribution is 5.79. The molecule has 0 bridgehead atoms. The third kappa shape index (κ3) is 3.71. The van der Waals surface area contributed by atoms with Gasteiger partial charge in [0.1, 0.15) is 18.5 Å². The lowest BCUT2D eigenvalue weighted by Gasteiger charge is -2.33. The van der Waals surface area contributed by atoms with E-state index in [-0.39, 0.29) is 17.9 Å². The molecule has 1 amide bonds. The third-order valence-electron chi connectivity index (χ3n) is 4.74. The van der Waals surface area contributed by atoms with Gasteiger partial charge in [-0.3, -0.25) is 9.78 Å². The van der Waals surface area contributed by atoms with Crippen LogP contribution in [0.25, 0.3) is 0 Å². The molecule has 7 heteroatoms. The van der Waals surface area contributed by atoms with E-state index in [9.17, 15) is 4.79 Å². The Kier molecular flexibility index (Phi) is 4.86. The van der Waals surface area contributed by atoms with Gasteiger partial charge in [0.05, 0.1) is 18.7 Å². The Morgan fingerprint density at radius 1 is 1.27 bits per heavy atom. The van der Waals surface area contributed by atoms with Crippen LogP contribution in [-0.2, 0) is 4.79 Å². The highest BCUT2D eigenvalue weighted by Gasteiger charge is 2.28. The molecule has 4 rings (SSSR count). The molecule has 3 heterocycles. The molecular weight excluding hydrogens is 332 g/mol. The maximum Gasteiger partial charge on any atom is 0.225 e. The number of hydrogen-bond acceptors (Lipinski definition) is 6. The zero-order valence-corrected chi connectivity index (χ0v) is 14.5. The van der Waals surface area contributed by atoms with Crippen LogP contribution < -0.4 is 19.7 Å². The van der Waals surface area contributed by atoms with Crippen LogP contribution in [0.4, 0.5) is 5.82 Å². The highest BCUT2D eigenvalue weighted by atomic mass is 16.6. The smallest absolute Gasteiger partial charge is 0.225 e. The number of benzene rings is 1. The number of carbonyl (C=O) groups is 1. The zero-order chi connectivity index (χ0) is 17.8. The predicted octanol–water partition coefficient (Wildman–Crippen LogP) is 1.65. The quantitative estimate of drug-likeness (QED) is 0.900.